The number of hydrogen-bond donors (Lipinski definition) is 1. The molecule has 0 aliphatic heterocycles. The van der Waals surface area contributed by atoms with Crippen molar-refractivity contribution in [2.45, 2.75) is 46.5 Å². The minimum Gasteiger partial charge on any atom is -0.370 e. The number of anilines is 1. The third-order valence-corrected chi connectivity index (χ3v) is 3.53. The first kappa shape index (κ1) is 15.5. The van der Waals surface area contributed by atoms with Crippen molar-refractivity contribution < 1.29 is 0 Å². The number of nitrogens with one attached hydrogen (secondary N) is 1. The molecule has 112 valence electrons. The molecule has 3 heteroatoms. The van der Waals surface area contributed by atoms with E-state index in [0.29, 0.717) is 11.8 Å². The summed E-state index contributed by atoms with van der Waals surface area (Å²) in [7, 11) is 0. The van der Waals surface area contributed by atoms with Crippen molar-refractivity contribution in [3.8, 4) is 11.4 Å². The third kappa shape index (κ3) is 3.81. The highest BCUT2D eigenvalue weighted by atomic mass is 15.0. The Morgan fingerprint density at radius 2 is 1.62 bits per heavy atom. The molecule has 2 aromatic rings. The minimum atomic E-state index is 0.388. The van der Waals surface area contributed by atoms with Gasteiger partial charge >= 0.3 is 0 Å². The van der Waals surface area contributed by atoms with Crippen molar-refractivity contribution in [2.75, 3.05) is 11.9 Å². The SMILES string of the molecule is CCNc1cc(C(C)C)nc(-c2ccc(C(C)C)cc2)n1. The summed E-state index contributed by atoms with van der Waals surface area (Å²) in [4.78, 5) is 9.34. The zero-order valence-corrected chi connectivity index (χ0v) is 13.6. The standard InChI is InChI=1S/C18H25N3/c1-6-19-17-11-16(13(4)5)20-18(21-17)15-9-7-14(8-10-15)12(2)3/h7-13H,6H2,1-5H3,(H,19,20,21). The summed E-state index contributed by atoms with van der Waals surface area (Å²) >= 11 is 0. The molecule has 0 unspecified atom stereocenters. The van der Waals surface area contributed by atoms with Crippen molar-refractivity contribution >= 4 is 5.82 Å². The molecule has 0 saturated carbocycles. The molecule has 0 amide bonds. The van der Waals surface area contributed by atoms with Gasteiger partial charge in [0.25, 0.3) is 0 Å². The van der Waals surface area contributed by atoms with Crippen molar-refractivity contribution in [1.29, 1.82) is 0 Å². The summed E-state index contributed by atoms with van der Waals surface area (Å²) in [6.45, 7) is 11.7. The molecule has 0 radical (unpaired) electrons. The van der Waals surface area contributed by atoms with E-state index in [1.807, 2.05) is 6.07 Å². The number of aromatic nitrogens is 2. The molecule has 1 aromatic carbocycles. The quantitative estimate of drug-likeness (QED) is 0.854. The molecule has 0 aliphatic rings. The fourth-order valence-electron chi connectivity index (χ4n) is 2.18. The van der Waals surface area contributed by atoms with E-state index in [1.165, 1.54) is 5.56 Å². The smallest absolute Gasteiger partial charge is 0.161 e. The Kier molecular flexibility index (Phi) is 4.94. The maximum Gasteiger partial charge on any atom is 0.161 e. The summed E-state index contributed by atoms with van der Waals surface area (Å²) in [6.07, 6.45) is 0. The third-order valence-electron chi connectivity index (χ3n) is 3.53. The largest absolute Gasteiger partial charge is 0.370 e. The van der Waals surface area contributed by atoms with E-state index in [9.17, 15) is 0 Å². The fraction of sp³-hybridized carbons (Fsp3) is 0.444. The van der Waals surface area contributed by atoms with Gasteiger partial charge < -0.3 is 5.32 Å². The van der Waals surface area contributed by atoms with Crippen LogP contribution in [0.4, 0.5) is 5.82 Å². The van der Waals surface area contributed by atoms with Gasteiger partial charge in [-0.25, -0.2) is 9.97 Å². The predicted octanol–water partition coefficient (Wildman–Crippen LogP) is 4.82. The van der Waals surface area contributed by atoms with Crippen molar-refractivity contribution in [3.63, 3.8) is 0 Å². The second kappa shape index (κ2) is 6.70. The Morgan fingerprint density at radius 1 is 0.952 bits per heavy atom. The van der Waals surface area contributed by atoms with Gasteiger partial charge in [0, 0.05) is 23.9 Å². The minimum absolute atomic E-state index is 0.388. The van der Waals surface area contributed by atoms with Crippen LogP contribution in [-0.4, -0.2) is 16.5 Å². The number of benzene rings is 1. The molecule has 3 nitrogen and oxygen atoms in total. The van der Waals surface area contributed by atoms with Crippen LogP contribution in [-0.2, 0) is 0 Å². The van der Waals surface area contributed by atoms with Crippen molar-refractivity contribution in [1.82, 2.24) is 9.97 Å². The lowest BCUT2D eigenvalue weighted by molar-refractivity contribution is 0.816. The van der Waals surface area contributed by atoms with E-state index in [1.54, 1.807) is 0 Å². The van der Waals surface area contributed by atoms with Gasteiger partial charge in [-0.2, -0.15) is 0 Å². The van der Waals surface area contributed by atoms with E-state index >= 15 is 0 Å². The number of hydrogen-bond acceptors (Lipinski definition) is 3. The van der Waals surface area contributed by atoms with Crippen LogP contribution in [0, 0.1) is 0 Å². The van der Waals surface area contributed by atoms with Gasteiger partial charge in [0.1, 0.15) is 5.82 Å². The van der Waals surface area contributed by atoms with Crippen LogP contribution < -0.4 is 5.32 Å². The zero-order chi connectivity index (χ0) is 15.4. The summed E-state index contributed by atoms with van der Waals surface area (Å²) in [5, 5.41) is 3.29. The van der Waals surface area contributed by atoms with Crippen LogP contribution in [0.3, 0.4) is 0 Å². The van der Waals surface area contributed by atoms with Crippen LogP contribution >= 0.6 is 0 Å². The monoisotopic (exact) mass is 283 g/mol. The first-order chi connectivity index (χ1) is 10.0. The highest BCUT2D eigenvalue weighted by Crippen LogP contribution is 2.23. The Balaban J connectivity index is 2.41. The van der Waals surface area contributed by atoms with Gasteiger partial charge in [-0.15, -0.1) is 0 Å². The van der Waals surface area contributed by atoms with E-state index in [-0.39, 0.29) is 0 Å². The average Bonchev–Trinajstić information content (AvgIpc) is 2.47. The molecule has 0 atom stereocenters. The second-order valence-corrected chi connectivity index (χ2v) is 5.96. The Hall–Kier alpha value is -1.90. The molecule has 0 saturated heterocycles. The van der Waals surface area contributed by atoms with E-state index < -0.39 is 0 Å². The molecule has 0 bridgehead atoms. The molecule has 1 aromatic heterocycles. The van der Waals surface area contributed by atoms with Crippen LogP contribution in [0.1, 0.15) is 57.7 Å². The molecule has 0 aliphatic carbocycles. The summed E-state index contributed by atoms with van der Waals surface area (Å²) in [6, 6.07) is 10.6. The van der Waals surface area contributed by atoms with Gasteiger partial charge in [0.2, 0.25) is 0 Å². The Bertz CT molecular complexity index is 586. The summed E-state index contributed by atoms with van der Waals surface area (Å²) in [5.74, 6) is 2.63. The van der Waals surface area contributed by atoms with Gasteiger partial charge in [-0.1, -0.05) is 52.0 Å². The molecule has 0 fully saturated rings. The Morgan fingerprint density at radius 3 is 2.14 bits per heavy atom. The topological polar surface area (TPSA) is 37.8 Å². The molecule has 2 rings (SSSR count). The highest BCUT2D eigenvalue weighted by molar-refractivity contribution is 5.58. The summed E-state index contributed by atoms with van der Waals surface area (Å²) in [5.41, 5.74) is 3.48. The van der Waals surface area contributed by atoms with Gasteiger partial charge in [-0.05, 0) is 24.3 Å². The maximum absolute atomic E-state index is 4.71. The van der Waals surface area contributed by atoms with E-state index in [2.05, 4.69) is 69.2 Å². The van der Waals surface area contributed by atoms with Gasteiger partial charge in [0.15, 0.2) is 5.82 Å². The maximum atomic E-state index is 4.71. The average molecular weight is 283 g/mol. The molecule has 1 N–H and O–H groups in total. The molecule has 0 spiro atoms. The normalized spacial score (nSPS) is 11.2. The zero-order valence-electron chi connectivity index (χ0n) is 13.6. The summed E-state index contributed by atoms with van der Waals surface area (Å²) < 4.78 is 0. The lowest BCUT2D eigenvalue weighted by atomic mass is 10.0. The first-order valence-electron chi connectivity index (χ1n) is 7.74. The van der Waals surface area contributed by atoms with Crippen LogP contribution in [0.5, 0.6) is 0 Å². The number of rotatable bonds is 5. The lowest BCUT2D eigenvalue weighted by Crippen LogP contribution is -2.05. The van der Waals surface area contributed by atoms with Gasteiger partial charge in [0.05, 0.1) is 0 Å². The van der Waals surface area contributed by atoms with E-state index in [0.717, 1.165) is 29.4 Å². The van der Waals surface area contributed by atoms with Crippen molar-refractivity contribution in [2.24, 2.45) is 0 Å². The van der Waals surface area contributed by atoms with Crippen LogP contribution in [0.15, 0.2) is 30.3 Å². The molecule has 21 heavy (non-hydrogen) atoms. The number of nitrogens with zero attached hydrogens (tertiary/aromatic N) is 2. The van der Waals surface area contributed by atoms with Crippen molar-refractivity contribution in [3.05, 3.63) is 41.6 Å². The molecule has 1 heterocycles. The van der Waals surface area contributed by atoms with Gasteiger partial charge in [-0.3, -0.25) is 0 Å². The second-order valence-electron chi connectivity index (χ2n) is 5.96. The Labute approximate surface area is 127 Å². The first-order valence-corrected chi connectivity index (χ1v) is 7.74. The van der Waals surface area contributed by atoms with Crippen LogP contribution in [0.2, 0.25) is 0 Å². The highest BCUT2D eigenvalue weighted by Gasteiger charge is 2.09. The predicted molar refractivity (Wildman–Crippen MR) is 89.8 cm³/mol. The molecular weight excluding hydrogens is 258 g/mol. The van der Waals surface area contributed by atoms with Crippen LogP contribution in [0.25, 0.3) is 11.4 Å². The fourth-order valence-corrected chi connectivity index (χ4v) is 2.18. The van der Waals surface area contributed by atoms with E-state index in [4.69, 9.17) is 4.98 Å². The molecular formula is C18H25N3. The lowest BCUT2D eigenvalue weighted by Gasteiger charge is -2.12.